The molecule has 28 aromatic rings. The average Bonchev–Trinajstić information content (AvgIpc) is 1.52. The van der Waals surface area contributed by atoms with Crippen molar-refractivity contribution in [3.63, 3.8) is 0 Å². The zero-order valence-electron chi connectivity index (χ0n) is 75.1. The van der Waals surface area contributed by atoms with E-state index >= 15 is 0 Å². The lowest BCUT2D eigenvalue weighted by Crippen LogP contribution is -1.95. The monoisotopic (exact) mass is 1780 g/mol. The molecule has 8 aliphatic rings. The standard InChI is InChI=1S/4C31H18N4/c1-2-4-21-17(3-1)9-18-12-24-19(11-23(18)21)10-20-13-26-22-5-7-32-15-29(22)35-30-16-33-8-6-28(30)34-31(35)27(26)14-25(20)24;1-2-4-20-17(3-1)11-18-12-19-13-26-21(25(19)14-24(18)20)5-6-23-30(26)22-7-9-32-15-28(22)35-29-16-33-10-8-27(29)34-31(23)35;1-2-4-20-17(3-1)11-18-5-6-21-23-14-26-24(12-19(23)13-25(21)30(18)20)22-7-9-32-15-28(22)35-29-16-33-10-8-27(29)34-31(26)35;1-2-4-20-17(3-1)13-18-5-6-19-14-24-21(29(19)28(18)20)7-8-23-30(24)22-9-11-32-15-26(22)35-27-16-33-12-10-25(27)34-31(23)35/h1-8,11-16H,9-10H2;2*1-10,12,14-16H,11,13H2;1-12,15-16H,13-14H2. The lowest BCUT2D eigenvalue weighted by atomic mass is 9.92. The van der Waals surface area contributed by atoms with Gasteiger partial charge < -0.3 is 0 Å². The molecule has 0 saturated carbocycles. The Morgan fingerprint density at radius 3 is 0.979 bits per heavy atom. The molecule has 12 aromatic carbocycles. The molecule has 0 spiro atoms. The van der Waals surface area contributed by atoms with Crippen molar-refractivity contribution in [3.05, 3.63) is 431 Å². The van der Waals surface area contributed by atoms with Crippen molar-refractivity contribution in [2.75, 3.05) is 0 Å². The summed E-state index contributed by atoms with van der Waals surface area (Å²) in [6, 6.07) is 89.8. The van der Waals surface area contributed by atoms with E-state index < -0.39 is 0 Å². The largest absolute Gasteiger partial charge is 0.289 e. The molecule has 0 radical (unpaired) electrons. The minimum Gasteiger partial charge on any atom is -0.289 e. The highest BCUT2D eigenvalue weighted by Gasteiger charge is 2.36. The van der Waals surface area contributed by atoms with Crippen LogP contribution in [0.5, 0.6) is 0 Å². The molecule has 0 N–H and O–H groups in total. The van der Waals surface area contributed by atoms with Gasteiger partial charge in [0.1, 0.15) is 22.6 Å². The number of rotatable bonds is 0. The van der Waals surface area contributed by atoms with Crippen LogP contribution in [0.1, 0.15) is 89.0 Å². The number of pyridine rings is 12. The first-order valence-corrected chi connectivity index (χ1v) is 48.1. The molecule has 140 heavy (non-hydrogen) atoms. The van der Waals surface area contributed by atoms with Crippen molar-refractivity contribution in [1.29, 1.82) is 0 Å². The molecule has 36 rings (SSSR count). The Morgan fingerprint density at radius 1 is 0.164 bits per heavy atom. The van der Waals surface area contributed by atoms with E-state index in [0.717, 1.165) is 140 Å². The van der Waals surface area contributed by atoms with Gasteiger partial charge in [-0.15, -0.1) is 0 Å². The Balaban J connectivity index is 0.0000000829. The predicted molar refractivity (Wildman–Crippen MR) is 559 cm³/mol. The number of benzene rings is 12. The van der Waals surface area contributed by atoms with Crippen molar-refractivity contribution in [2.45, 2.75) is 51.4 Å². The van der Waals surface area contributed by atoms with Gasteiger partial charge in [-0.2, -0.15) is 0 Å². The Labute approximate surface area is 796 Å². The van der Waals surface area contributed by atoms with E-state index in [1.165, 1.54) is 243 Å². The fourth-order valence-corrected chi connectivity index (χ4v) is 26.1. The Morgan fingerprint density at radius 2 is 0.464 bits per heavy atom. The van der Waals surface area contributed by atoms with Gasteiger partial charge in [0.05, 0.1) is 116 Å². The van der Waals surface area contributed by atoms with Gasteiger partial charge in [0.15, 0.2) is 0 Å². The molecule has 16 heteroatoms. The zero-order valence-corrected chi connectivity index (χ0v) is 75.1. The molecule has 0 bridgehead atoms. The first kappa shape index (κ1) is 75.1. The molecular formula is C124H72N16. The number of nitrogens with zero attached hydrogens (tertiary/aromatic N) is 16. The molecule has 0 aliphatic heterocycles. The summed E-state index contributed by atoms with van der Waals surface area (Å²) in [5.41, 5.74) is 61.0. The quantitative estimate of drug-likeness (QED) is 0.132. The second-order valence-corrected chi connectivity index (χ2v) is 38.9. The van der Waals surface area contributed by atoms with E-state index in [1.807, 2.05) is 123 Å². The molecular weight excluding hydrogens is 1710 g/mol. The third kappa shape index (κ3) is 10.3. The molecule has 648 valence electrons. The third-order valence-corrected chi connectivity index (χ3v) is 32.0. The van der Waals surface area contributed by atoms with Crippen LogP contribution in [0.15, 0.2) is 342 Å². The van der Waals surface area contributed by atoms with E-state index in [4.69, 9.17) is 19.9 Å². The van der Waals surface area contributed by atoms with Crippen molar-refractivity contribution in [1.82, 2.24) is 77.4 Å². The predicted octanol–water partition coefficient (Wildman–Crippen LogP) is 26.9. The summed E-state index contributed by atoms with van der Waals surface area (Å²) in [5.74, 6) is 0. The second-order valence-electron chi connectivity index (χ2n) is 38.9. The van der Waals surface area contributed by atoms with E-state index in [0.29, 0.717) is 0 Å². The van der Waals surface area contributed by atoms with Gasteiger partial charge in [0.25, 0.3) is 0 Å². The van der Waals surface area contributed by atoms with Gasteiger partial charge in [-0.25, -0.2) is 19.9 Å². The molecule has 0 saturated heterocycles. The van der Waals surface area contributed by atoms with E-state index in [2.05, 4.69) is 276 Å². The number of imidazole rings is 4. The molecule has 16 nitrogen and oxygen atoms in total. The SMILES string of the molecule is c1ccc2c(c1)Cc1cc3c(cc1-2)-c1ccc2c(c1C3)c1ccncc1n1c3cnccc3nc21.c1ccc2c(c1)Cc1cc3c(cc1-2)Cc1cc2c4ccncc4n4c5cnccc5nc4c2cc1-3.c1ccc2c(c1)Cc1ccc3c(c1-2)-c1ccc2c(c1C3)c1ccncc1n1c3cnccc3nc21.c1ccc2c(c1)Cc1ccc3c(c1-2)Cc1cc2c4ccncc4n4c5cnccc5nc4c2cc1-3. The van der Waals surface area contributed by atoms with E-state index in [9.17, 15) is 0 Å². The van der Waals surface area contributed by atoms with Gasteiger partial charge in [0.2, 0.25) is 0 Å². The molecule has 8 aliphatic carbocycles. The minimum absolute atomic E-state index is 0.937. The summed E-state index contributed by atoms with van der Waals surface area (Å²) in [6.45, 7) is 0. The maximum absolute atomic E-state index is 5.06. The molecule has 0 unspecified atom stereocenters. The summed E-state index contributed by atoms with van der Waals surface area (Å²) in [7, 11) is 0. The van der Waals surface area contributed by atoms with Gasteiger partial charge in [-0.05, 0) is 354 Å². The molecule has 16 aromatic heterocycles. The summed E-state index contributed by atoms with van der Waals surface area (Å²) < 4.78 is 8.87. The molecule has 0 fully saturated rings. The molecule has 0 amide bonds. The minimum atomic E-state index is 0.937. The van der Waals surface area contributed by atoms with Crippen LogP contribution in [0.3, 0.4) is 0 Å². The van der Waals surface area contributed by atoms with Crippen LogP contribution in [0.4, 0.5) is 0 Å². The normalized spacial score (nSPS) is 13.5. The van der Waals surface area contributed by atoms with Crippen molar-refractivity contribution >= 4 is 153 Å². The summed E-state index contributed by atoms with van der Waals surface area (Å²) >= 11 is 0. The smallest absolute Gasteiger partial charge is 0.146 e. The highest BCUT2D eigenvalue weighted by Crippen LogP contribution is 2.56. The number of hydrogen-bond donors (Lipinski definition) is 0. The van der Waals surface area contributed by atoms with Crippen LogP contribution in [-0.4, -0.2) is 77.4 Å². The van der Waals surface area contributed by atoms with Gasteiger partial charge >= 0.3 is 0 Å². The van der Waals surface area contributed by atoms with Crippen LogP contribution in [0, 0.1) is 0 Å². The number of hydrogen-bond acceptors (Lipinski definition) is 12. The number of fused-ring (bicyclic) bond motifs is 60. The van der Waals surface area contributed by atoms with Gasteiger partial charge in [-0.1, -0.05) is 140 Å². The van der Waals surface area contributed by atoms with Crippen molar-refractivity contribution < 1.29 is 0 Å². The van der Waals surface area contributed by atoms with Crippen molar-refractivity contribution in [3.8, 4) is 89.0 Å². The Hall–Kier alpha value is -18.3. The maximum atomic E-state index is 5.06. The van der Waals surface area contributed by atoms with Crippen LogP contribution in [0.25, 0.3) is 242 Å². The van der Waals surface area contributed by atoms with Crippen LogP contribution in [-0.2, 0) is 51.4 Å². The van der Waals surface area contributed by atoms with Crippen molar-refractivity contribution in [2.24, 2.45) is 0 Å². The van der Waals surface area contributed by atoms with Crippen LogP contribution < -0.4 is 0 Å². The first-order chi connectivity index (χ1) is 69.4. The molecule has 16 heterocycles. The van der Waals surface area contributed by atoms with Crippen LogP contribution in [0.2, 0.25) is 0 Å². The fourth-order valence-electron chi connectivity index (χ4n) is 26.1. The summed E-state index contributed by atoms with van der Waals surface area (Å²) in [4.78, 5) is 55.6. The highest BCUT2D eigenvalue weighted by molar-refractivity contribution is 6.22. The summed E-state index contributed by atoms with van der Waals surface area (Å²) in [5, 5.41) is 14.6. The maximum Gasteiger partial charge on any atom is 0.146 e. The lowest BCUT2D eigenvalue weighted by Gasteiger charge is -2.13. The topological polar surface area (TPSA) is 172 Å². The Kier molecular flexibility index (Phi) is 14.9. The Bertz CT molecular complexity index is 10700. The van der Waals surface area contributed by atoms with Gasteiger partial charge in [-0.3, -0.25) is 57.5 Å². The van der Waals surface area contributed by atoms with Crippen LogP contribution >= 0.6 is 0 Å². The highest BCUT2D eigenvalue weighted by atomic mass is 15.1. The fraction of sp³-hybridized carbons (Fsp3) is 0.0645. The third-order valence-electron chi connectivity index (χ3n) is 32.0. The molecule has 0 atom stereocenters. The van der Waals surface area contributed by atoms with E-state index in [1.54, 1.807) is 0 Å². The van der Waals surface area contributed by atoms with E-state index in [-0.39, 0.29) is 0 Å². The second kappa shape index (κ2) is 27.7. The zero-order chi connectivity index (χ0) is 90.7. The van der Waals surface area contributed by atoms with Gasteiger partial charge in [0, 0.05) is 92.7 Å². The lowest BCUT2D eigenvalue weighted by molar-refractivity contribution is 1.22. The number of aromatic nitrogens is 16. The average molecular weight is 1790 g/mol. The first-order valence-electron chi connectivity index (χ1n) is 48.1. The summed E-state index contributed by atoms with van der Waals surface area (Å²) in [6.07, 6.45) is 38.1.